The van der Waals surface area contributed by atoms with Gasteiger partial charge in [-0.05, 0) is 19.1 Å². The van der Waals surface area contributed by atoms with Gasteiger partial charge >= 0.3 is 0 Å². The monoisotopic (exact) mass is 298 g/mol. The highest BCUT2D eigenvalue weighted by atomic mass is 32.2. The van der Waals surface area contributed by atoms with E-state index in [-0.39, 0.29) is 10.8 Å². The number of ether oxygens (including phenoxy) is 1. The summed E-state index contributed by atoms with van der Waals surface area (Å²) >= 11 is 0. The van der Waals surface area contributed by atoms with Gasteiger partial charge in [0.1, 0.15) is 5.75 Å². The smallest absolute Gasteiger partial charge is 0.265 e. The van der Waals surface area contributed by atoms with Crippen LogP contribution in [0, 0.1) is 0 Å². The van der Waals surface area contributed by atoms with E-state index >= 15 is 0 Å². The first kappa shape index (κ1) is 14.8. The molecule has 1 heterocycles. The van der Waals surface area contributed by atoms with Crippen molar-refractivity contribution in [3.63, 3.8) is 0 Å². The van der Waals surface area contributed by atoms with Gasteiger partial charge in [0.25, 0.3) is 5.91 Å². The van der Waals surface area contributed by atoms with E-state index < -0.39 is 16.1 Å². The Bertz CT molecular complexity index is 623. The van der Waals surface area contributed by atoms with Crippen molar-refractivity contribution in [2.24, 2.45) is 0 Å². The lowest BCUT2D eigenvalue weighted by molar-refractivity contribution is -0.122. The fourth-order valence-corrected chi connectivity index (χ4v) is 3.53. The first-order valence-electron chi connectivity index (χ1n) is 6.51. The molecule has 1 atom stereocenters. The molecule has 1 aromatic rings. The van der Waals surface area contributed by atoms with Crippen LogP contribution in [0.5, 0.6) is 5.75 Å². The van der Waals surface area contributed by atoms with Crippen molar-refractivity contribution in [3.8, 4) is 5.75 Å². The molecule has 6 nitrogen and oxygen atoms in total. The lowest BCUT2D eigenvalue weighted by Gasteiger charge is -2.24. The van der Waals surface area contributed by atoms with Gasteiger partial charge in [-0.1, -0.05) is 13.8 Å². The maximum absolute atomic E-state index is 12.4. The number of anilines is 1. The van der Waals surface area contributed by atoms with Gasteiger partial charge in [-0.3, -0.25) is 4.79 Å². The Morgan fingerprint density at radius 1 is 1.30 bits per heavy atom. The summed E-state index contributed by atoms with van der Waals surface area (Å²) < 4.78 is 31.6. The van der Waals surface area contributed by atoms with Crippen molar-refractivity contribution in [1.29, 1.82) is 0 Å². The summed E-state index contributed by atoms with van der Waals surface area (Å²) in [5.74, 6) is 0.141. The fraction of sp³-hybridized carbons (Fsp3) is 0.462. The van der Waals surface area contributed by atoms with Crippen molar-refractivity contribution >= 4 is 21.6 Å². The Labute approximate surface area is 118 Å². The molecule has 1 aromatic carbocycles. The zero-order chi connectivity index (χ0) is 14.9. The number of carbonyl (C=O) groups excluding carboxylic acids is 1. The highest BCUT2D eigenvalue weighted by Crippen LogP contribution is 2.32. The third kappa shape index (κ3) is 2.51. The van der Waals surface area contributed by atoms with Gasteiger partial charge in [-0.25, -0.2) is 8.42 Å². The number of benzene rings is 1. The van der Waals surface area contributed by atoms with E-state index in [1.807, 2.05) is 0 Å². The van der Waals surface area contributed by atoms with E-state index in [1.54, 1.807) is 26.8 Å². The molecule has 7 heteroatoms. The van der Waals surface area contributed by atoms with Crippen molar-refractivity contribution in [2.45, 2.75) is 31.8 Å². The minimum Gasteiger partial charge on any atom is -0.479 e. The predicted octanol–water partition coefficient (Wildman–Crippen LogP) is 1.44. The Morgan fingerprint density at radius 3 is 2.55 bits per heavy atom. The summed E-state index contributed by atoms with van der Waals surface area (Å²) in [5.41, 5.74) is 0.492. The fourth-order valence-electron chi connectivity index (χ4n) is 2.05. The lowest BCUT2D eigenvalue weighted by Crippen LogP contribution is -2.35. The molecule has 1 amide bonds. The van der Waals surface area contributed by atoms with Crippen LogP contribution < -0.4 is 10.1 Å². The van der Waals surface area contributed by atoms with E-state index in [9.17, 15) is 13.2 Å². The summed E-state index contributed by atoms with van der Waals surface area (Å²) in [6.07, 6.45) is -0.631. The number of nitrogens with zero attached hydrogens (tertiary/aromatic N) is 1. The molecule has 0 radical (unpaired) electrons. The molecule has 0 aromatic heterocycles. The lowest BCUT2D eigenvalue weighted by atomic mass is 10.2. The van der Waals surface area contributed by atoms with E-state index in [4.69, 9.17) is 4.74 Å². The largest absolute Gasteiger partial charge is 0.479 e. The quantitative estimate of drug-likeness (QED) is 0.912. The summed E-state index contributed by atoms with van der Waals surface area (Å²) in [6, 6.07) is 4.49. The van der Waals surface area contributed by atoms with Gasteiger partial charge in [0, 0.05) is 19.2 Å². The highest BCUT2D eigenvalue weighted by Gasteiger charge is 2.27. The second kappa shape index (κ2) is 5.41. The predicted molar refractivity (Wildman–Crippen MR) is 75.3 cm³/mol. The number of rotatable bonds is 4. The topological polar surface area (TPSA) is 75.7 Å². The van der Waals surface area contributed by atoms with Crippen LogP contribution >= 0.6 is 0 Å². The maximum atomic E-state index is 12.4. The molecule has 0 bridgehead atoms. The Hall–Kier alpha value is -1.60. The molecular formula is C13H18N2O4S. The standard InChI is InChI=1S/C13H18N2O4S/c1-4-15(5-2)20(17,18)10-6-7-11-12(8-10)19-9(3)13(16)14-11/h6-9H,4-5H2,1-3H3,(H,14,16)/t9-/m0/s1. The zero-order valence-corrected chi connectivity index (χ0v) is 12.5. The first-order valence-corrected chi connectivity index (χ1v) is 7.95. The van der Waals surface area contributed by atoms with Crippen LogP contribution in [0.25, 0.3) is 0 Å². The van der Waals surface area contributed by atoms with Crippen molar-refractivity contribution < 1.29 is 17.9 Å². The molecule has 0 unspecified atom stereocenters. The highest BCUT2D eigenvalue weighted by molar-refractivity contribution is 7.89. The van der Waals surface area contributed by atoms with Gasteiger partial charge in [-0.2, -0.15) is 4.31 Å². The van der Waals surface area contributed by atoms with E-state index in [2.05, 4.69) is 5.32 Å². The van der Waals surface area contributed by atoms with Gasteiger partial charge in [-0.15, -0.1) is 0 Å². The van der Waals surface area contributed by atoms with Crippen molar-refractivity contribution in [1.82, 2.24) is 4.31 Å². The van der Waals surface area contributed by atoms with Crippen LogP contribution in [-0.4, -0.2) is 37.8 Å². The Kier molecular flexibility index (Phi) is 4.01. The molecule has 0 spiro atoms. The normalized spacial score (nSPS) is 18.4. The van der Waals surface area contributed by atoms with E-state index in [1.165, 1.54) is 16.4 Å². The molecule has 0 saturated carbocycles. The van der Waals surface area contributed by atoms with Crippen LogP contribution in [0.1, 0.15) is 20.8 Å². The maximum Gasteiger partial charge on any atom is 0.265 e. The molecule has 1 aliphatic heterocycles. The number of hydrogen-bond donors (Lipinski definition) is 1. The molecule has 1 aliphatic rings. The van der Waals surface area contributed by atoms with Crippen molar-refractivity contribution in [3.05, 3.63) is 18.2 Å². The molecular weight excluding hydrogens is 280 g/mol. The summed E-state index contributed by atoms with van der Waals surface area (Å²) in [5, 5.41) is 2.67. The molecule has 110 valence electrons. The van der Waals surface area contributed by atoms with Gasteiger partial charge in [0.15, 0.2) is 6.10 Å². The molecule has 0 aliphatic carbocycles. The molecule has 0 fully saturated rings. The van der Waals surface area contributed by atoms with Gasteiger partial charge in [0.2, 0.25) is 10.0 Å². The number of nitrogens with one attached hydrogen (secondary N) is 1. The second-order valence-corrected chi connectivity index (χ2v) is 6.43. The number of fused-ring (bicyclic) bond motifs is 1. The van der Waals surface area contributed by atoms with E-state index in [0.717, 1.165) is 0 Å². The summed E-state index contributed by atoms with van der Waals surface area (Å²) in [7, 11) is -3.53. The summed E-state index contributed by atoms with van der Waals surface area (Å²) in [6.45, 7) is 6.01. The molecule has 0 saturated heterocycles. The minimum atomic E-state index is -3.53. The number of sulfonamides is 1. The zero-order valence-electron chi connectivity index (χ0n) is 11.7. The van der Waals surface area contributed by atoms with Crippen LogP contribution in [0.3, 0.4) is 0 Å². The van der Waals surface area contributed by atoms with Gasteiger partial charge in [0.05, 0.1) is 10.6 Å². The van der Waals surface area contributed by atoms with Crippen molar-refractivity contribution in [2.75, 3.05) is 18.4 Å². The number of amides is 1. The van der Waals surface area contributed by atoms with Crippen LogP contribution in [-0.2, 0) is 14.8 Å². The van der Waals surface area contributed by atoms with E-state index in [0.29, 0.717) is 24.5 Å². The minimum absolute atomic E-state index is 0.170. The van der Waals surface area contributed by atoms with Crippen LogP contribution in [0.2, 0.25) is 0 Å². The SMILES string of the molecule is CCN(CC)S(=O)(=O)c1ccc2c(c1)O[C@@H](C)C(=O)N2. The molecule has 20 heavy (non-hydrogen) atoms. The average Bonchev–Trinajstić information content (AvgIpc) is 2.40. The third-order valence-electron chi connectivity index (χ3n) is 3.23. The second-order valence-electron chi connectivity index (χ2n) is 4.50. The van der Waals surface area contributed by atoms with Gasteiger partial charge < -0.3 is 10.1 Å². The molecule has 2 rings (SSSR count). The molecule has 1 N–H and O–H groups in total. The Morgan fingerprint density at radius 2 is 1.95 bits per heavy atom. The Balaban J connectivity index is 2.42. The van der Waals surface area contributed by atoms with Crippen LogP contribution in [0.4, 0.5) is 5.69 Å². The average molecular weight is 298 g/mol. The van der Waals surface area contributed by atoms with Crippen LogP contribution in [0.15, 0.2) is 23.1 Å². The number of hydrogen-bond acceptors (Lipinski definition) is 4. The summed E-state index contributed by atoms with van der Waals surface area (Å²) in [4.78, 5) is 11.6. The first-order chi connectivity index (χ1) is 9.40. The third-order valence-corrected chi connectivity index (χ3v) is 5.27. The number of carbonyl (C=O) groups is 1.